The minimum atomic E-state index is -0.742. The van der Waals surface area contributed by atoms with Crippen LogP contribution in [0.4, 0.5) is 14.9 Å². The van der Waals surface area contributed by atoms with Gasteiger partial charge in [0.1, 0.15) is 11.9 Å². The average molecular weight is 386 g/mol. The normalized spacial score (nSPS) is 11.6. The lowest BCUT2D eigenvalue weighted by Gasteiger charge is -2.22. The maximum Gasteiger partial charge on any atom is 0.316 e. The summed E-state index contributed by atoms with van der Waals surface area (Å²) in [6, 6.07) is 10.5. The van der Waals surface area contributed by atoms with Gasteiger partial charge in [-0.15, -0.1) is 0 Å². The SMILES string of the molecule is CC(C)C(NC(=O)c1ccc(F)cc1)C(=O)NCc1ccc(NC(N)=O)cc1. The highest BCUT2D eigenvalue weighted by atomic mass is 19.1. The van der Waals surface area contributed by atoms with Crippen LogP contribution in [0.2, 0.25) is 0 Å². The molecule has 2 rings (SSSR count). The number of nitrogens with one attached hydrogen (secondary N) is 3. The van der Waals surface area contributed by atoms with E-state index in [2.05, 4.69) is 16.0 Å². The molecule has 0 bridgehead atoms. The summed E-state index contributed by atoms with van der Waals surface area (Å²) in [5.41, 5.74) is 6.69. The summed E-state index contributed by atoms with van der Waals surface area (Å²) in [6.07, 6.45) is 0. The first kappa shape index (κ1) is 20.9. The number of amides is 4. The van der Waals surface area contributed by atoms with E-state index in [1.165, 1.54) is 24.3 Å². The van der Waals surface area contributed by atoms with E-state index in [1.54, 1.807) is 24.3 Å². The van der Waals surface area contributed by atoms with Crippen molar-refractivity contribution in [2.45, 2.75) is 26.4 Å². The number of halogens is 1. The van der Waals surface area contributed by atoms with Crippen molar-refractivity contribution in [3.63, 3.8) is 0 Å². The fourth-order valence-electron chi connectivity index (χ4n) is 2.51. The monoisotopic (exact) mass is 386 g/mol. The summed E-state index contributed by atoms with van der Waals surface area (Å²) >= 11 is 0. The van der Waals surface area contributed by atoms with E-state index in [0.717, 1.165) is 5.56 Å². The smallest absolute Gasteiger partial charge is 0.316 e. The van der Waals surface area contributed by atoms with Crippen LogP contribution in [0, 0.1) is 11.7 Å². The van der Waals surface area contributed by atoms with Crippen LogP contribution in [0.25, 0.3) is 0 Å². The lowest BCUT2D eigenvalue weighted by molar-refractivity contribution is -0.124. The Morgan fingerprint density at radius 2 is 1.61 bits per heavy atom. The summed E-state index contributed by atoms with van der Waals surface area (Å²) < 4.78 is 13.0. The Kier molecular flexibility index (Phi) is 7.08. The number of hydrogen-bond donors (Lipinski definition) is 4. The number of benzene rings is 2. The van der Waals surface area contributed by atoms with Gasteiger partial charge in [-0.05, 0) is 47.9 Å². The number of hydrogen-bond acceptors (Lipinski definition) is 3. The third-order valence-corrected chi connectivity index (χ3v) is 4.03. The van der Waals surface area contributed by atoms with Crippen molar-refractivity contribution in [3.8, 4) is 0 Å². The molecule has 5 N–H and O–H groups in total. The minimum absolute atomic E-state index is 0.147. The van der Waals surface area contributed by atoms with Gasteiger partial charge in [-0.2, -0.15) is 0 Å². The maximum absolute atomic E-state index is 13.0. The standard InChI is InChI=1S/C20H23FN4O3/c1-12(2)17(25-18(26)14-5-7-15(21)8-6-14)19(27)23-11-13-3-9-16(10-4-13)24-20(22)28/h3-10,12,17H,11H2,1-2H3,(H,23,27)(H,25,26)(H3,22,24,28). The molecule has 4 amide bonds. The van der Waals surface area contributed by atoms with Gasteiger partial charge >= 0.3 is 6.03 Å². The quantitative estimate of drug-likeness (QED) is 0.586. The molecule has 7 nitrogen and oxygen atoms in total. The van der Waals surface area contributed by atoms with Crippen LogP contribution in [0.15, 0.2) is 48.5 Å². The highest BCUT2D eigenvalue weighted by Crippen LogP contribution is 2.10. The fourth-order valence-corrected chi connectivity index (χ4v) is 2.51. The molecular weight excluding hydrogens is 363 g/mol. The lowest BCUT2D eigenvalue weighted by atomic mass is 10.0. The van der Waals surface area contributed by atoms with Gasteiger partial charge in [0.2, 0.25) is 5.91 Å². The second-order valence-corrected chi connectivity index (χ2v) is 6.61. The molecule has 0 aliphatic carbocycles. The average Bonchev–Trinajstić information content (AvgIpc) is 2.65. The molecule has 2 aromatic rings. The molecule has 0 heterocycles. The van der Waals surface area contributed by atoms with Crippen LogP contribution in [0.1, 0.15) is 29.8 Å². The summed E-state index contributed by atoms with van der Waals surface area (Å²) in [5.74, 6) is -1.36. The van der Waals surface area contributed by atoms with E-state index in [0.29, 0.717) is 5.69 Å². The number of carbonyl (C=O) groups excluding carboxylic acids is 3. The molecule has 2 aromatic carbocycles. The van der Waals surface area contributed by atoms with Crippen LogP contribution in [-0.2, 0) is 11.3 Å². The molecule has 148 valence electrons. The van der Waals surface area contributed by atoms with Crippen LogP contribution in [-0.4, -0.2) is 23.9 Å². The van der Waals surface area contributed by atoms with Crippen molar-refractivity contribution in [2.75, 3.05) is 5.32 Å². The number of rotatable bonds is 7. The largest absolute Gasteiger partial charge is 0.351 e. The maximum atomic E-state index is 13.0. The van der Waals surface area contributed by atoms with Gasteiger partial charge in [0.25, 0.3) is 5.91 Å². The van der Waals surface area contributed by atoms with Crippen molar-refractivity contribution in [3.05, 3.63) is 65.5 Å². The zero-order valence-electron chi connectivity index (χ0n) is 15.7. The number of anilines is 1. The first-order valence-corrected chi connectivity index (χ1v) is 8.76. The molecule has 0 aliphatic rings. The van der Waals surface area contributed by atoms with E-state index in [-0.39, 0.29) is 23.9 Å². The van der Waals surface area contributed by atoms with Gasteiger partial charge in [0.05, 0.1) is 0 Å². The number of nitrogens with two attached hydrogens (primary N) is 1. The van der Waals surface area contributed by atoms with E-state index < -0.39 is 23.8 Å². The van der Waals surface area contributed by atoms with Crippen LogP contribution >= 0.6 is 0 Å². The highest BCUT2D eigenvalue weighted by Gasteiger charge is 2.24. The highest BCUT2D eigenvalue weighted by molar-refractivity contribution is 5.97. The van der Waals surface area contributed by atoms with Gasteiger partial charge in [0, 0.05) is 17.8 Å². The predicted molar refractivity (Wildman–Crippen MR) is 104 cm³/mol. The topological polar surface area (TPSA) is 113 Å². The molecule has 0 radical (unpaired) electrons. The van der Waals surface area contributed by atoms with Crippen molar-refractivity contribution >= 4 is 23.5 Å². The Hall–Kier alpha value is -3.42. The minimum Gasteiger partial charge on any atom is -0.351 e. The van der Waals surface area contributed by atoms with Crippen molar-refractivity contribution in [1.29, 1.82) is 0 Å². The third kappa shape index (κ3) is 6.08. The predicted octanol–water partition coefficient (Wildman–Crippen LogP) is 2.39. The fraction of sp³-hybridized carbons (Fsp3) is 0.250. The number of carbonyl (C=O) groups is 3. The lowest BCUT2D eigenvalue weighted by Crippen LogP contribution is -2.49. The number of urea groups is 1. The van der Waals surface area contributed by atoms with Gasteiger partial charge in [-0.25, -0.2) is 9.18 Å². The Labute approximate surface area is 162 Å². The van der Waals surface area contributed by atoms with E-state index in [9.17, 15) is 18.8 Å². The molecule has 8 heteroatoms. The molecule has 0 aliphatic heterocycles. The zero-order valence-corrected chi connectivity index (χ0v) is 15.7. The molecule has 0 fully saturated rings. The number of primary amides is 1. The zero-order chi connectivity index (χ0) is 20.7. The first-order chi connectivity index (χ1) is 13.3. The molecular formula is C20H23FN4O3. The molecule has 28 heavy (non-hydrogen) atoms. The molecule has 0 aromatic heterocycles. The van der Waals surface area contributed by atoms with Crippen molar-refractivity contribution < 1.29 is 18.8 Å². The summed E-state index contributed by atoms with van der Waals surface area (Å²) in [5, 5.41) is 7.92. The Balaban J connectivity index is 1.95. The van der Waals surface area contributed by atoms with E-state index >= 15 is 0 Å². The van der Waals surface area contributed by atoms with E-state index in [1.807, 2.05) is 13.8 Å². The van der Waals surface area contributed by atoms with Gasteiger partial charge in [0.15, 0.2) is 0 Å². The van der Waals surface area contributed by atoms with Gasteiger partial charge < -0.3 is 21.7 Å². The van der Waals surface area contributed by atoms with Crippen molar-refractivity contribution in [1.82, 2.24) is 10.6 Å². The Morgan fingerprint density at radius 3 is 2.14 bits per heavy atom. The van der Waals surface area contributed by atoms with Crippen LogP contribution in [0.3, 0.4) is 0 Å². The summed E-state index contributed by atoms with van der Waals surface area (Å²) in [7, 11) is 0. The first-order valence-electron chi connectivity index (χ1n) is 8.76. The Morgan fingerprint density at radius 1 is 1.00 bits per heavy atom. The summed E-state index contributed by atoms with van der Waals surface area (Å²) in [6.45, 7) is 3.89. The molecule has 0 spiro atoms. The van der Waals surface area contributed by atoms with Crippen molar-refractivity contribution in [2.24, 2.45) is 11.7 Å². The molecule has 0 saturated carbocycles. The van der Waals surface area contributed by atoms with Gasteiger partial charge in [-0.1, -0.05) is 26.0 Å². The summed E-state index contributed by atoms with van der Waals surface area (Å²) in [4.78, 5) is 35.7. The van der Waals surface area contributed by atoms with Gasteiger partial charge in [-0.3, -0.25) is 9.59 Å². The molecule has 0 saturated heterocycles. The second kappa shape index (κ2) is 9.50. The second-order valence-electron chi connectivity index (χ2n) is 6.61. The third-order valence-electron chi connectivity index (χ3n) is 4.03. The molecule has 1 atom stereocenters. The Bertz CT molecular complexity index is 836. The molecule has 1 unspecified atom stereocenters. The van der Waals surface area contributed by atoms with Crippen LogP contribution < -0.4 is 21.7 Å². The van der Waals surface area contributed by atoms with E-state index in [4.69, 9.17) is 5.73 Å². The van der Waals surface area contributed by atoms with Crippen LogP contribution in [0.5, 0.6) is 0 Å².